The molecule has 2 heterocycles. The van der Waals surface area contributed by atoms with E-state index in [2.05, 4.69) is 31.7 Å². The zero-order chi connectivity index (χ0) is 20.0. The first-order valence-electron chi connectivity index (χ1n) is 8.44. The van der Waals surface area contributed by atoms with E-state index in [-0.39, 0.29) is 17.8 Å². The molecular formula is C18H20BrF3N4O. The van der Waals surface area contributed by atoms with Crippen molar-refractivity contribution in [2.24, 2.45) is 0 Å². The quantitative estimate of drug-likeness (QED) is 0.696. The lowest BCUT2D eigenvalue weighted by Gasteiger charge is -2.34. The van der Waals surface area contributed by atoms with Gasteiger partial charge in [0.25, 0.3) is 5.91 Å². The highest BCUT2D eigenvalue weighted by Crippen LogP contribution is 2.44. The minimum atomic E-state index is -4.48. The fourth-order valence-corrected chi connectivity index (χ4v) is 3.31. The summed E-state index contributed by atoms with van der Waals surface area (Å²) < 4.78 is 42.7. The Morgan fingerprint density at radius 2 is 1.89 bits per heavy atom. The van der Waals surface area contributed by atoms with Gasteiger partial charge in [0.1, 0.15) is 11.4 Å². The van der Waals surface area contributed by atoms with E-state index in [1.165, 1.54) is 6.20 Å². The Morgan fingerprint density at radius 3 is 2.44 bits per heavy atom. The molecule has 0 unspecified atom stereocenters. The lowest BCUT2D eigenvalue weighted by molar-refractivity contribution is -0.173. The second-order valence-corrected chi connectivity index (χ2v) is 8.51. The number of fused-ring (bicyclic) bond motifs is 1. The number of benzene rings is 1. The molecule has 2 N–H and O–H groups in total. The van der Waals surface area contributed by atoms with Gasteiger partial charge in [-0.3, -0.25) is 4.79 Å². The van der Waals surface area contributed by atoms with Crippen LogP contribution < -0.4 is 10.6 Å². The molecule has 0 radical (unpaired) electrons. The van der Waals surface area contributed by atoms with Gasteiger partial charge in [-0.1, -0.05) is 28.1 Å². The lowest BCUT2D eigenvalue weighted by atomic mass is 9.96. The third kappa shape index (κ3) is 4.28. The Morgan fingerprint density at radius 1 is 1.26 bits per heavy atom. The minimum Gasteiger partial charge on any atom is -0.363 e. The molecule has 27 heavy (non-hydrogen) atoms. The highest BCUT2D eigenvalue weighted by atomic mass is 79.9. The largest absolute Gasteiger partial charge is 0.410 e. The van der Waals surface area contributed by atoms with Crippen LogP contribution in [0.1, 0.15) is 55.2 Å². The molecule has 1 aromatic heterocycles. The zero-order valence-electron chi connectivity index (χ0n) is 15.1. The zero-order valence-corrected chi connectivity index (χ0v) is 16.6. The first kappa shape index (κ1) is 19.7. The Bertz CT molecular complexity index is 840. The monoisotopic (exact) mass is 444 g/mol. The number of rotatable bonds is 2. The van der Waals surface area contributed by atoms with Crippen LogP contribution in [0.25, 0.3) is 0 Å². The summed E-state index contributed by atoms with van der Waals surface area (Å²) in [6.45, 7) is 5.41. The molecule has 2 aromatic rings. The number of aromatic nitrogens is 2. The molecule has 5 nitrogen and oxygen atoms in total. The molecule has 3 rings (SSSR count). The van der Waals surface area contributed by atoms with Crippen molar-refractivity contribution in [1.29, 1.82) is 0 Å². The predicted molar refractivity (Wildman–Crippen MR) is 99.7 cm³/mol. The molecule has 9 heteroatoms. The van der Waals surface area contributed by atoms with E-state index in [1.807, 2.05) is 0 Å². The van der Waals surface area contributed by atoms with E-state index in [0.29, 0.717) is 5.56 Å². The fraction of sp³-hybridized carbons (Fsp3) is 0.444. The standard InChI is InChI=1S/C18H20BrF3N4O/c1-17(2,3)25-16(27)12-9-23-26-14(18(20,21)22)8-13(24-15(12)26)10-4-6-11(19)7-5-10/h4-7,9,13-14,24H,8H2,1-3H3,(H,25,27)/t13-,14-/m0/s1. The van der Waals surface area contributed by atoms with Gasteiger partial charge in [-0.05, 0) is 38.5 Å². The summed E-state index contributed by atoms with van der Waals surface area (Å²) >= 11 is 3.32. The molecule has 146 valence electrons. The summed E-state index contributed by atoms with van der Waals surface area (Å²) in [4.78, 5) is 12.5. The van der Waals surface area contributed by atoms with Crippen LogP contribution in [-0.2, 0) is 0 Å². The van der Waals surface area contributed by atoms with Gasteiger partial charge >= 0.3 is 6.18 Å². The van der Waals surface area contributed by atoms with Crippen molar-refractivity contribution in [3.8, 4) is 0 Å². The molecule has 1 aliphatic heterocycles. The van der Waals surface area contributed by atoms with Crippen LogP contribution in [0.4, 0.5) is 19.0 Å². The van der Waals surface area contributed by atoms with Gasteiger partial charge in [-0.25, -0.2) is 4.68 Å². The number of carbonyl (C=O) groups excluding carboxylic acids is 1. The molecule has 0 saturated carbocycles. The van der Waals surface area contributed by atoms with Crippen molar-refractivity contribution in [1.82, 2.24) is 15.1 Å². The summed E-state index contributed by atoms with van der Waals surface area (Å²) in [5.41, 5.74) is 0.290. The van der Waals surface area contributed by atoms with E-state index in [0.717, 1.165) is 9.15 Å². The summed E-state index contributed by atoms with van der Waals surface area (Å²) in [5.74, 6) is -0.383. The van der Waals surface area contributed by atoms with Crippen LogP contribution in [0.2, 0.25) is 0 Å². The average Bonchev–Trinajstić information content (AvgIpc) is 2.96. The van der Waals surface area contributed by atoms with Crippen molar-refractivity contribution in [2.75, 3.05) is 5.32 Å². The SMILES string of the molecule is CC(C)(C)NC(=O)c1cnn2c1N[C@H](c1ccc(Br)cc1)C[C@H]2C(F)(F)F. The van der Waals surface area contributed by atoms with E-state index < -0.39 is 29.7 Å². The van der Waals surface area contributed by atoms with Crippen LogP contribution >= 0.6 is 15.9 Å². The van der Waals surface area contributed by atoms with Crippen molar-refractivity contribution in [3.05, 3.63) is 46.1 Å². The fourth-order valence-electron chi connectivity index (χ4n) is 3.05. The molecule has 0 spiro atoms. The highest BCUT2D eigenvalue weighted by Gasteiger charge is 2.47. The normalized spacial score (nSPS) is 20.0. The van der Waals surface area contributed by atoms with Gasteiger partial charge in [0.15, 0.2) is 6.04 Å². The van der Waals surface area contributed by atoms with Gasteiger partial charge in [0.05, 0.1) is 12.2 Å². The lowest BCUT2D eigenvalue weighted by Crippen LogP contribution is -2.41. The minimum absolute atomic E-state index is 0.0817. The second-order valence-electron chi connectivity index (χ2n) is 7.60. The molecule has 0 fully saturated rings. The third-order valence-corrected chi connectivity index (χ3v) is 4.77. The van der Waals surface area contributed by atoms with Gasteiger partial charge in [0.2, 0.25) is 0 Å². The predicted octanol–water partition coefficient (Wildman–Crippen LogP) is 4.83. The van der Waals surface area contributed by atoms with Crippen molar-refractivity contribution < 1.29 is 18.0 Å². The smallest absolute Gasteiger partial charge is 0.363 e. The van der Waals surface area contributed by atoms with Crippen LogP contribution in [-0.4, -0.2) is 27.4 Å². The topological polar surface area (TPSA) is 59.0 Å². The van der Waals surface area contributed by atoms with Gasteiger partial charge in [-0.15, -0.1) is 0 Å². The maximum Gasteiger partial charge on any atom is 0.410 e. The van der Waals surface area contributed by atoms with Gasteiger partial charge < -0.3 is 10.6 Å². The molecular weight excluding hydrogens is 425 g/mol. The number of alkyl halides is 3. The average molecular weight is 445 g/mol. The maximum absolute atomic E-state index is 13.7. The van der Waals surface area contributed by atoms with Crippen LogP contribution in [0, 0.1) is 0 Å². The Kier molecular flexibility index (Phi) is 5.00. The number of amides is 1. The molecule has 1 aromatic carbocycles. The van der Waals surface area contributed by atoms with E-state index >= 15 is 0 Å². The maximum atomic E-state index is 13.7. The number of nitrogens with zero attached hydrogens (tertiary/aromatic N) is 2. The summed E-state index contributed by atoms with van der Waals surface area (Å²) in [6, 6.07) is 4.68. The summed E-state index contributed by atoms with van der Waals surface area (Å²) in [6.07, 6.45) is -3.50. The molecule has 2 atom stereocenters. The van der Waals surface area contributed by atoms with Crippen LogP contribution in [0.3, 0.4) is 0 Å². The molecule has 0 bridgehead atoms. The number of hydrogen-bond donors (Lipinski definition) is 2. The van der Waals surface area contributed by atoms with E-state index in [1.54, 1.807) is 45.0 Å². The number of anilines is 1. The van der Waals surface area contributed by atoms with E-state index in [4.69, 9.17) is 0 Å². The highest BCUT2D eigenvalue weighted by molar-refractivity contribution is 9.10. The molecule has 0 aliphatic carbocycles. The molecule has 1 aliphatic rings. The number of halogens is 4. The Hall–Kier alpha value is -2.03. The van der Waals surface area contributed by atoms with Gasteiger partial charge in [-0.2, -0.15) is 18.3 Å². The van der Waals surface area contributed by atoms with Crippen LogP contribution in [0.15, 0.2) is 34.9 Å². The number of carbonyl (C=O) groups is 1. The molecule has 0 saturated heterocycles. The number of hydrogen-bond acceptors (Lipinski definition) is 3. The second kappa shape index (κ2) is 6.85. The Balaban J connectivity index is 2.01. The first-order valence-corrected chi connectivity index (χ1v) is 9.24. The van der Waals surface area contributed by atoms with Crippen molar-refractivity contribution in [2.45, 2.75) is 51.0 Å². The Labute approximate surface area is 163 Å². The van der Waals surface area contributed by atoms with Crippen molar-refractivity contribution in [3.63, 3.8) is 0 Å². The van der Waals surface area contributed by atoms with Crippen molar-refractivity contribution >= 4 is 27.7 Å². The van der Waals surface area contributed by atoms with Gasteiger partial charge in [0, 0.05) is 16.4 Å². The summed E-state index contributed by atoms with van der Waals surface area (Å²) in [5, 5.41) is 9.71. The van der Waals surface area contributed by atoms with E-state index in [9.17, 15) is 18.0 Å². The number of nitrogens with one attached hydrogen (secondary N) is 2. The molecule has 1 amide bonds. The summed E-state index contributed by atoms with van der Waals surface area (Å²) in [7, 11) is 0. The van der Waals surface area contributed by atoms with Crippen LogP contribution in [0.5, 0.6) is 0 Å². The third-order valence-electron chi connectivity index (χ3n) is 4.24. The first-order chi connectivity index (χ1) is 12.5.